The number of pyridine rings is 1. The second-order valence-electron chi connectivity index (χ2n) is 3.88. The molecule has 5 heteroatoms. The highest BCUT2D eigenvalue weighted by molar-refractivity contribution is 5.98. The molecule has 1 heterocycles. The van der Waals surface area contributed by atoms with Crippen LogP contribution in [0, 0.1) is 19.7 Å². The van der Waals surface area contributed by atoms with Gasteiger partial charge in [-0.15, -0.1) is 0 Å². The van der Waals surface area contributed by atoms with Gasteiger partial charge < -0.3 is 0 Å². The Labute approximate surface area is 97.1 Å². The molecule has 0 radical (unpaired) electrons. The number of amides is 1. The summed E-state index contributed by atoms with van der Waals surface area (Å²) in [6, 6.07) is 4.37. The largest absolute Gasteiger partial charge is 0.288 e. The van der Waals surface area contributed by atoms with Gasteiger partial charge in [-0.25, -0.2) is 9.87 Å². The molecule has 17 heavy (non-hydrogen) atoms. The first kappa shape index (κ1) is 11.5. The Bertz CT molecular complexity index is 611. The predicted octanol–water partition coefficient (Wildman–Crippen LogP) is 2.11. The molecule has 2 rings (SSSR count). The van der Waals surface area contributed by atoms with Crippen molar-refractivity contribution in [2.24, 2.45) is 0 Å². The number of carbonyl (C=O) groups is 1. The van der Waals surface area contributed by atoms with E-state index < -0.39 is 11.7 Å². The molecule has 0 aliphatic rings. The van der Waals surface area contributed by atoms with Crippen LogP contribution < -0.4 is 5.48 Å². The summed E-state index contributed by atoms with van der Waals surface area (Å²) in [4.78, 5) is 15.3. The fourth-order valence-corrected chi connectivity index (χ4v) is 1.81. The molecule has 2 aromatic rings. The number of nitrogens with zero attached hydrogens (tertiary/aromatic N) is 1. The number of rotatable bonds is 1. The minimum absolute atomic E-state index is 0.0613. The molecule has 1 aromatic heterocycles. The molecule has 0 saturated heterocycles. The van der Waals surface area contributed by atoms with Crippen LogP contribution in [0.25, 0.3) is 10.9 Å². The maximum atomic E-state index is 13.8. The number of nitrogens with one attached hydrogen (secondary N) is 1. The van der Waals surface area contributed by atoms with Gasteiger partial charge in [0.1, 0.15) is 11.3 Å². The van der Waals surface area contributed by atoms with Gasteiger partial charge in [-0.2, -0.15) is 0 Å². The normalized spacial score (nSPS) is 10.6. The molecule has 0 aliphatic heterocycles. The molecule has 2 N–H and O–H groups in total. The van der Waals surface area contributed by atoms with Crippen LogP contribution in [0.3, 0.4) is 0 Å². The summed E-state index contributed by atoms with van der Waals surface area (Å²) in [6.07, 6.45) is 0. The maximum Gasteiger partial charge on any atom is 0.274 e. The van der Waals surface area contributed by atoms with Gasteiger partial charge in [0.25, 0.3) is 5.91 Å². The Kier molecular flexibility index (Phi) is 2.77. The summed E-state index contributed by atoms with van der Waals surface area (Å²) in [7, 11) is 0. The molecule has 0 atom stereocenters. The van der Waals surface area contributed by atoms with E-state index in [1.54, 1.807) is 6.92 Å². The van der Waals surface area contributed by atoms with Crippen molar-refractivity contribution in [3.8, 4) is 0 Å². The summed E-state index contributed by atoms with van der Waals surface area (Å²) in [5.41, 5.74) is 3.32. The molecule has 0 spiro atoms. The summed E-state index contributed by atoms with van der Waals surface area (Å²) in [5, 5.41) is 9.09. The zero-order chi connectivity index (χ0) is 12.6. The average Bonchev–Trinajstić information content (AvgIpc) is 2.29. The SMILES string of the molecule is Cc1cc(C)c2cc(C(=O)NO)cc(F)c2n1. The van der Waals surface area contributed by atoms with Crippen molar-refractivity contribution < 1.29 is 14.4 Å². The van der Waals surface area contributed by atoms with Crippen molar-refractivity contribution in [3.05, 3.63) is 40.8 Å². The van der Waals surface area contributed by atoms with Gasteiger partial charge in [0.2, 0.25) is 0 Å². The molecule has 0 bridgehead atoms. The molecule has 0 fully saturated rings. The topological polar surface area (TPSA) is 62.2 Å². The predicted molar refractivity (Wildman–Crippen MR) is 60.4 cm³/mol. The fourth-order valence-electron chi connectivity index (χ4n) is 1.81. The Morgan fingerprint density at radius 1 is 1.35 bits per heavy atom. The highest BCUT2D eigenvalue weighted by Gasteiger charge is 2.12. The molecule has 1 aromatic carbocycles. The van der Waals surface area contributed by atoms with E-state index in [9.17, 15) is 9.18 Å². The number of hydroxylamine groups is 1. The monoisotopic (exact) mass is 234 g/mol. The lowest BCUT2D eigenvalue weighted by molar-refractivity contribution is 0.0706. The smallest absolute Gasteiger partial charge is 0.274 e. The zero-order valence-electron chi connectivity index (χ0n) is 9.41. The van der Waals surface area contributed by atoms with Gasteiger partial charge >= 0.3 is 0 Å². The zero-order valence-corrected chi connectivity index (χ0v) is 9.41. The quantitative estimate of drug-likeness (QED) is 0.586. The first-order valence-electron chi connectivity index (χ1n) is 5.05. The van der Waals surface area contributed by atoms with Crippen LogP contribution in [0.5, 0.6) is 0 Å². The van der Waals surface area contributed by atoms with Crippen LogP contribution in [0.15, 0.2) is 18.2 Å². The van der Waals surface area contributed by atoms with Crippen LogP contribution in [0.4, 0.5) is 4.39 Å². The standard InChI is InChI=1S/C12H11FN2O2/c1-6-3-7(2)14-11-9(6)4-8(5-10(11)13)12(16)15-17/h3-5,17H,1-2H3,(H,15,16). The van der Waals surface area contributed by atoms with Crippen LogP contribution in [-0.2, 0) is 0 Å². The maximum absolute atomic E-state index is 13.8. The molecule has 0 aliphatic carbocycles. The van der Waals surface area contributed by atoms with E-state index in [0.29, 0.717) is 11.1 Å². The van der Waals surface area contributed by atoms with Crippen molar-refractivity contribution in [2.45, 2.75) is 13.8 Å². The van der Waals surface area contributed by atoms with Gasteiger partial charge in [-0.05, 0) is 37.6 Å². The highest BCUT2D eigenvalue weighted by atomic mass is 19.1. The lowest BCUT2D eigenvalue weighted by Crippen LogP contribution is -2.18. The van der Waals surface area contributed by atoms with E-state index in [2.05, 4.69) is 4.98 Å². The Hall–Kier alpha value is -2.01. The minimum Gasteiger partial charge on any atom is -0.288 e. The number of carbonyl (C=O) groups excluding carboxylic acids is 1. The molecule has 88 valence electrons. The van der Waals surface area contributed by atoms with Crippen molar-refractivity contribution in [3.63, 3.8) is 0 Å². The molecule has 0 saturated carbocycles. The average molecular weight is 234 g/mol. The van der Waals surface area contributed by atoms with Gasteiger partial charge in [-0.1, -0.05) is 0 Å². The van der Waals surface area contributed by atoms with E-state index in [-0.39, 0.29) is 11.1 Å². The van der Waals surface area contributed by atoms with Crippen molar-refractivity contribution in [1.29, 1.82) is 0 Å². The van der Waals surface area contributed by atoms with Crippen molar-refractivity contribution in [2.75, 3.05) is 0 Å². The minimum atomic E-state index is -0.745. The highest BCUT2D eigenvalue weighted by Crippen LogP contribution is 2.22. The van der Waals surface area contributed by atoms with E-state index in [4.69, 9.17) is 5.21 Å². The summed E-state index contributed by atoms with van der Waals surface area (Å²) in [6.45, 7) is 3.59. The van der Waals surface area contributed by atoms with Gasteiger partial charge in [0, 0.05) is 16.6 Å². The first-order valence-corrected chi connectivity index (χ1v) is 5.05. The van der Waals surface area contributed by atoms with Crippen molar-refractivity contribution >= 4 is 16.8 Å². The molecule has 0 unspecified atom stereocenters. The van der Waals surface area contributed by atoms with Gasteiger partial charge in [0.15, 0.2) is 0 Å². The van der Waals surface area contributed by atoms with Crippen LogP contribution in [-0.4, -0.2) is 16.1 Å². The summed E-state index contributed by atoms with van der Waals surface area (Å²) < 4.78 is 13.8. The van der Waals surface area contributed by atoms with Crippen LogP contribution in [0.2, 0.25) is 0 Å². The number of benzene rings is 1. The Morgan fingerprint density at radius 3 is 2.71 bits per heavy atom. The third-order valence-corrected chi connectivity index (χ3v) is 2.57. The number of hydrogen-bond acceptors (Lipinski definition) is 3. The second kappa shape index (κ2) is 4.10. The lowest BCUT2D eigenvalue weighted by Gasteiger charge is -2.07. The number of fused-ring (bicyclic) bond motifs is 1. The van der Waals surface area contributed by atoms with E-state index in [0.717, 1.165) is 11.6 Å². The van der Waals surface area contributed by atoms with Crippen LogP contribution >= 0.6 is 0 Å². The third kappa shape index (κ3) is 1.97. The Morgan fingerprint density at radius 2 is 2.06 bits per heavy atom. The van der Waals surface area contributed by atoms with E-state index >= 15 is 0 Å². The lowest BCUT2D eigenvalue weighted by atomic mass is 10.1. The van der Waals surface area contributed by atoms with Crippen molar-refractivity contribution in [1.82, 2.24) is 10.5 Å². The first-order chi connectivity index (χ1) is 8.02. The van der Waals surface area contributed by atoms with Gasteiger partial charge in [0.05, 0.1) is 0 Å². The fraction of sp³-hybridized carbons (Fsp3) is 0.167. The van der Waals surface area contributed by atoms with Crippen LogP contribution in [0.1, 0.15) is 21.6 Å². The molecular weight excluding hydrogens is 223 g/mol. The Balaban J connectivity index is 2.77. The third-order valence-electron chi connectivity index (χ3n) is 2.57. The molecular formula is C12H11FN2O2. The number of halogens is 1. The molecule has 1 amide bonds. The molecule has 4 nitrogen and oxygen atoms in total. The number of hydrogen-bond donors (Lipinski definition) is 2. The van der Waals surface area contributed by atoms with E-state index in [1.807, 2.05) is 13.0 Å². The number of aryl methyl sites for hydroxylation is 2. The summed E-state index contributed by atoms with van der Waals surface area (Å²) in [5.74, 6) is -1.32. The number of aromatic nitrogens is 1. The van der Waals surface area contributed by atoms with E-state index in [1.165, 1.54) is 11.5 Å². The second-order valence-corrected chi connectivity index (χ2v) is 3.88. The summed E-state index contributed by atoms with van der Waals surface area (Å²) >= 11 is 0. The van der Waals surface area contributed by atoms with Gasteiger partial charge in [-0.3, -0.25) is 15.0 Å².